The lowest BCUT2D eigenvalue weighted by Gasteiger charge is -2.25. The molecule has 1 aromatic carbocycles. The quantitative estimate of drug-likeness (QED) is 0.483. The molecular formula is C12H16N2O5. The molecule has 1 unspecified atom stereocenters. The Bertz CT molecular complexity index is 497. The van der Waals surface area contributed by atoms with Crippen LogP contribution in [-0.4, -0.2) is 28.6 Å². The van der Waals surface area contributed by atoms with E-state index in [1.165, 1.54) is 25.3 Å². The van der Waals surface area contributed by atoms with Crippen LogP contribution in [0.5, 0.6) is 5.75 Å². The van der Waals surface area contributed by atoms with Crippen LogP contribution >= 0.6 is 0 Å². The van der Waals surface area contributed by atoms with E-state index in [1.807, 2.05) is 0 Å². The molecule has 7 nitrogen and oxygen atoms in total. The van der Waals surface area contributed by atoms with E-state index in [4.69, 9.17) is 4.74 Å². The van der Waals surface area contributed by atoms with Crippen molar-refractivity contribution in [3.8, 4) is 5.75 Å². The maximum absolute atomic E-state index is 12.1. The Hall–Kier alpha value is -2.15. The number of nitrogens with one attached hydrogen (secondary N) is 1. The van der Waals surface area contributed by atoms with Crippen LogP contribution in [0, 0.1) is 10.1 Å². The summed E-state index contributed by atoms with van der Waals surface area (Å²) in [6.07, 6.45) is 0.386. The minimum Gasteiger partial charge on any atom is -0.505 e. The maximum atomic E-state index is 12.1. The van der Waals surface area contributed by atoms with Gasteiger partial charge in [-0.05, 0) is 19.4 Å². The second kappa shape index (κ2) is 5.66. The number of anilines is 1. The Labute approximate surface area is 110 Å². The van der Waals surface area contributed by atoms with Crippen molar-refractivity contribution in [2.45, 2.75) is 25.9 Å². The van der Waals surface area contributed by atoms with Crippen LogP contribution in [0.2, 0.25) is 0 Å². The van der Waals surface area contributed by atoms with Crippen LogP contribution < -0.4 is 5.32 Å². The molecule has 1 atom stereocenters. The highest BCUT2D eigenvalue weighted by Crippen LogP contribution is 2.34. The van der Waals surface area contributed by atoms with Gasteiger partial charge in [-0.15, -0.1) is 0 Å². The average Bonchev–Trinajstić information content (AvgIpc) is 2.39. The number of phenols is 1. The van der Waals surface area contributed by atoms with Crippen molar-refractivity contribution < 1.29 is 19.6 Å². The Morgan fingerprint density at radius 2 is 2.21 bits per heavy atom. The van der Waals surface area contributed by atoms with Crippen molar-refractivity contribution in [3.05, 3.63) is 28.3 Å². The van der Waals surface area contributed by atoms with Gasteiger partial charge in [0.1, 0.15) is 11.4 Å². The largest absolute Gasteiger partial charge is 0.505 e. The number of carbonyl (C=O) groups excluding carboxylic acids is 1. The Balaban J connectivity index is 3.13. The SMILES string of the molecule is CCC(C)(OC)C(=O)Nc1c(O)cccc1[N+](=O)[O-]. The Morgan fingerprint density at radius 1 is 1.58 bits per heavy atom. The van der Waals surface area contributed by atoms with Crippen LogP contribution in [0.4, 0.5) is 11.4 Å². The zero-order valence-corrected chi connectivity index (χ0v) is 11.0. The number of nitro benzene ring substituents is 1. The molecule has 0 aliphatic carbocycles. The molecule has 0 spiro atoms. The van der Waals surface area contributed by atoms with Crippen molar-refractivity contribution >= 4 is 17.3 Å². The molecule has 0 bridgehead atoms. The molecule has 1 rings (SSSR count). The molecule has 0 fully saturated rings. The molecule has 0 aliphatic rings. The van der Waals surface area contributed by atoms with E-state index < -0.39 is 16.4 Å². The van der Waals surface area contributed by atoms with Crippen molar-refractivity contribution in [1.29, 1.82) is 0 Å². The molecular weight excluding hydrogens is 252 g/mol. The minimum absolute atomic E-state index is 0.228. The van der Waals surface area contributed by atoms with E-state index in [1.54, 1.807) is 13.8 Å². The van der Waals surface area contributed by atoms with Crippen molar-refractivity contribution in [3.63, 3.8) is 0 Å². The fraction of sp³-hybridized carbons (Fsp3) is 0.417. The number of benzene rings is 1. The average molecular weight is 268 g/mol. The van der Waals surface area contributed by atoms with Gasteiger partial charge in [-0.3, -0.25) is 14.9 Å². The summed E-state index contributed by atoms with van der Waals surface area (Å²) in [6.45, 7) is 3.32. The normalized spacial score (nSPS) is 13.6. The third kappa shape index (κ3) is 3.00. The van der Waals surface area contributed by atoms with Crippen molar-refractivity contribution in [1.82, 2.24) is 0 Å². The first-order valence-corrected chi connectivity index (χ1v) is 5.68. The first-order chi connectivity index (χ1) is 8.85. The lowest BCUT2D eigenvalue weighted by molar-refractivity contribution is -0.384. The molecule has 1 aromatic rings. The molecule has 0 aliphatic heterocycles. The summed E-state index contributed by atoms with van der Waals surface area (Å²) >= 11 is 0. The predicted molar refractivity (Wildman–Crippen MR) is 69.1 cm³/mol. The number of aromatic hydroxyl groups is 1. The smallest absolute Gasteiger partial charge is 0.296 e. The number of phenolic OH excluding ortho intramolecular Hbond substituents is 1. The fourth-order valence-electron chi connectivity index (χ4n) is 1.45. The van der Waals surface area contributed by atoms with Gasteiger partial charge in [-0.1, -0.05) is 13.0 Å². The fourth-order valence-corrected chi connectivity index (χ4v) is 1.45. The molecule has 104 valence electrons. The number of para-hydroxylation sites is 1. The molecule has 0 aromatic heterocycles. The van der Waals surface area contributed by atoms with Crippen LogP contribution in [0.15, 0.2) is 18.2 Å². The molecule has 19 heavy (non-hydrogen) atoms. The minimum atomic E-state index is -1.11. The highest BCUT2D eigenvalue weighted by molar-refractivity contribution is 6.00. The van der Waals surface area contributed by atoms with Crippen molar-refractivity contribution in [2.75, 3.05) is 12.4 Å². The first-order valence-electron chi connectivity index (χ1n) is 5.68. The Morgan fingerprint density at radius 3 is 2.68 bits per heavy atom. The second-order valence-corrected chi connectivity index (χ2v) is 4.17. The van der Waals surface area contributed by atoms with Gasteiger partial charge in [0.25, 0.3) is 11.6 Å². The summed E-state index contributed by atoms with van der Waals surface area (Å²) < 4.78 is 5.10. The molecule has 2 N–H and O–H groups in total. The van der Waals surface area contributed by atoms with Gasteiger partial charge in [0, 0.05) is 13.2 Å². The van der Waals surface area contributed by atoms with Gasteiger partial charge in [-0.25, -0.2) is 0 Å². The van der Waals surface area contributed by atoms with Gasteiger partial charge in [0.15, 0.2) is 5.69 Å². The number of ether oxygens (including phenoxy) is 1. The summed E-state index contributed by atoms with van der Waals surface area (Å²) in [5.41, 5.74) is -1.71. The Kier molecular flexibility index (Phi) is 4.44. The van der Waals surface area contributed by atoms with E-state index in [0.29, 0.717) is 6.42 Å². The summed E-state index contributed by atoms with van der Waals surface area (Å²) in [6, 6.07) is 3.79. The van der Waals surface area contributed by atoms with Gasteiger partial charge in [0.05, 0.1) is 4.92 Å². The number of nitro groups is 1. The van der Waals surface area contributed by atoms with Crippen molar-refractivity contribution in [2.24, 2.45) is 0 Å². The highest BCUT2D eigenvalue weighted by atomic mass is 16.6. The summed E-state index contributed by atoms with van der Waals surface area (Å²) in [5.74, 6) is -0.917. The summed E-state index contributed by atoms with van der Waals surface area (Å²) in [4.78, 5) is 22.2. The molecule has 1 amide bonds. The van der Waals surface area contributed by atoms with E-state index >= 15 is 0 Å². The van der Waals surface area contributed by atoms with Gasteiger partial charge in [-0.2, -0.15) is 0 Å². The van der Waals surface area contributed by atoms with E-state index in [0.717, 1.165) is 0 Å². The standard InChI is InChI=1S/C12H16N2O5/c1-4-12(2,19-3)11(16)13-10-8(14(17)18)6-5-7-9(10)15/h5-7,15H,4H2,1-3H3,(H,13,16). The molecule has 0 saturated carbocycles. The monoisotopic (exact) mass is 268 g/mol. The first kappa shape index (κ1) is 14.9. The predicted octanol–water partition coefficient (Wildman–Crippen LogP) is 2.05. The lowest BCUT2D eigenvalue weighted by atomic mass is 10.0. The molecule has 0 heterocycles. The summed E-state index contributed by atoms with van der Waals surface area (Å²) in [7, 11) is 1.38. The van der Waals surface area contributed by atoms with Crippen LogP contribution in [0.3, 0.4) is 0 Å². The molecule has 0 radical (unpaired) electrons. The van der Waals surface area contributed by atoms with E-state index in [-0.39, 0.29) is 17.1 Å². The number of rotatable bonds is 5. The highest BCUT2D eigenvalue weighted by Gasteiger charge is 2.33. The third-order valence-corrected chi connectivity index (χ3v) is 3.06. The van der Waals surface area contributed by atoms with E-state index in [9.17, 15) is 20.0 Å². The zero-order valence-electron chi connectivity index (χ0n) is 11.0. The number of amides is 1. The van der Waals surface area contributed by atoms with Crippen LogP contribution in [0.25, 0.3) is 0 Å². The van der Waals surface area contributed by atoms with E-state index in [2.05, 4.69) is 5.32 Å². The topological polar surface area (TPSA) is 102 Å². The van der Waals surface area contributed by atoms with Gasteiger partial charge < -0.3 is 15.2 Å². The lowest BCUT2D eigenvalue weighted by Crippen LogP contribution is -2.41. The third-order valence-electron chi connectivity index (χ3n) is 3.06. The molecule has 7 heteroatoms. The number of carbonyl (C=O) groups is 1. The zero-order chi connectivity index (χ0) is 14.6. The number of hydrogen-bond donors (Lipinski definition) is 2. The van der Waals surface area contributed by atoms with Crippen LogP contribution in [0.1, 0.15) is 20.3 Å². The van der Waals surface area contributed by atoms with Crippen LogP contribution in [-0.2, 0) is 9.53 Å². The number of methoxy groups -OCH3 is 1. The van der Waals surface area contributed by atoms with Gasteiger partial charge >= 0.3 is 0 Å². The molecule has 0 saturated heterocycles. The number of hydrogen-bond acceptors (Lipinski definition) is 5. The second-order valence-electron chi connectivity index (χ2n) is 4.17. The summed E-state index contributed by atoms with van der Waals surface area (Å²) in [5, 5.41) is 22.8. The van der Waals surface area contributed by atoms with Gasteiger partial charge in [0.2, 0.25) is 0 Å². The maximum Gasteiger partial charge on any atom is 0.296 e. The number of nitrogens with zero attached hydrogens (tertiary/aromatic N) is 1.